The van der Waals surface area contributed by atoms with Crippen LogP contribution >= 0.6 is 28.1 Å². The summed E-state index contributed by atoms with van der Waals surface area (Å²) < 4.78 is 1.95. The lowest BCUT2D eigenvalue weighted by Crippen LogP contribution is -2.17. The number of hydrogen-bond acceptors (Lipinski definition) is 3. The van der Waals surface area contributed by atoms with Gasteiger partial charge in [-0.15, -0.1) is 0 Å². The van der Waals surface area contributed by atoms with Crippen LogP contribution in [0.4, 0.5) is 0 Å². The molecule has 2 N–H and O–H groups in total. The van der Waals surface area contributed by atoms with Gasteiger partial charge in [-0.25, -0.2) is 0 Å². The second-order valence-electron chi connectivity index (χ2n) is 4.65. The molecular formula is C13H21BrN2O2S. The highest BCUT2D eigenvalue weighted by molar-refractivity contribution is 9.09. The quantitative estimate of drug-likeness (QED) is 0.425. The van der Waals surface area contributed by atoms with Crippen LogP contribution in [0.3, 0.4) is 0 Å². The van der Waals surface area contributed by atoms with E-state index in [1.807, 2.05) is 0 Å². The Morgan fingerprint density at radius 2 is 2.16 bits per heavy atom. The molecule has 4 nitrogen and oxygen atoms in total. The molecule has 0 unspecified atom stereocenters. The maximum Gasteiger partial charge on any atom is 0.255 e. The Morgan fingerprint density at radius 3 is 2.74 bits per heavy atom. The van der Waals surface area contributed by atoms with Crippen LogP contribution in [0.15, 0.2) is 10.9 Å². The van der Waals surface area contributed by atoms with Gasteiger partial charge in [0.1, 0.15) is 0 Å². The second kappa shape index (κ2) is 8.53. The van der Waals surface area contributed by atoms with E-state index in [1.54, 1.807) is 4.57 Å². The minimum Gasteiger partial charge on any atom is -0.494 e. The SMILES string of the molecule is CCCCCC[C@@H](CCBr)n1c(O)cc(=O)[nH]c1=S. The fraction of sp³-hybridized carbons (Fsp3) is 0.692. The fourth-order valence-electron chi connectivity index (χ4n) is 2.18. The lowest BCUT2D eigenvalue weighted by atomic mass is 10.1. The lowest BCUT2D eigenvalue weighted by molar-refractivity contribution is 0.343. The minimum atomic E-state index is -0.359. The average Bonchev–Trinajstić information content (AvgIpc) is 2.33. The van der Waals surface area contributed by atoms with Crippen molar-refractivity contribution in [3.63, 3.8) is 0 Å². The van der Waals surface area contributed by atoms with Gasteiger partial charge in [0.15, 0.2) is 10.7 Å². The molecule has 0 bridgehead atoms. The largest absolute Gasteiger partial charge is 0.494 e. The second-order valence-corrected chi connectivity index (χ2v) is 5.83. The summed E-state index contributed by atoms with van der Waals surface area (Å²) in [6.45, 7) is 2.18. The summed E-state index contributed by atoms with van der Waals surface area (Å²) in [5.74, 6) is -0.0461. The van der Waals surface area contributed by atoms with E-state index in [2.05, 4.69) is 27.8 Å². The molecule has 0 saturated carbocycles. The molecule has 0 amide bonds. The van der Waals surface area contributed by atoms with Crippen LogP contribution in [0.1, 0.15) is 51.5 Å². The van der Waals surface area contributed by atoms with E-state index >= 15 is 0 Å². The van der Waals surface area contributed by atoms with E-state index in [0.29, 0.717) is 4.77 Å². The molecule has 1 atom stereocenters. The van der Waals surface area contributed by atoms with Gasteiger partial charge in [0.25, 0.3) is 5.56 Å². The van der Waals surface area contributed by atoms with Crippen LogP contribution in [-0.4, -0.2) is 20.0 Å². The summed E-state index contributed by atoms with van der Waals surface area (Å²) >= 11 is 8.58. The number of hydrogen-bond donors (Lipinski definition) is 2. The van der Waals surface area contributed by atoms with Crippen molar-refractivity contribution in [2.45, 2.75) is 51.5 Å². The van der Waals surface area contributed by atoms with Crippen LogP contribution in [0, 0.1) is 4.77 Å². The first-order valence-corrected chi connectivity index (χ1v) is 8.24. The summed E-state index contributed by atoms with van der Waals surface area (Å²) in [5, 5.41) is 10.8. The number of rotatable bonds is 8. The number of aromatic nitrogens is 2. The Balaban J connectivity index is 2.86. The average molecular weight is 349 g/mol. The van der Waals surface area contributed by atoms with E-state index in [4.69, 9.17) is 12.2 Å². The van der Waals surface area contributed by atoms with E-state index in [9.17, 15) is 9.90 Å². The molecule has 1 rings (SSSR count). The molecule has 0 aliphatic heterocycles. The zero-order valence-corrected chi connectivity index (χ0v) is 13.6. The Labute approximate surface area is 127 Å². The number of H-pyrrole nitrogens is 1. The minimum absolute atomic E-state index is 0.0461. The molecule has 0 fully saturated rings. The zero-order valence-electron chi connectivity index (χ0n) is 11.2. The summed E-state index contributed by atoms with van der Waals surface area (Å²) in [6, 6.07) is 1.31. The van der Waals surface area contributed by atoms with Gasteiger partial charge in [0.2, 0.25) is 0 Å². The molecule has 108 valence electrons. The van der Waals surface area contributed by atoms with Crippen molar-refractivity contribution in [3.8, 4) is 5.88 Å². The normalized spacial score (nSPS) is 12.5. The number of alkyl halides is 1. The molecule has 0 aromatic carbocycles. The summed E-state index contributed by atoms with van der Waals surface area (Å²) in [4.78, 5) is 13.8. The maximum absolute atomic E-state index is 11.2. The van der Waals surface area contributed by atoms with Crippen molar-refractivity contribution < 1.29 is 5.11 Å². The molecule has 6 heteroatoms. The molecule has 1 heterocycles. The van der Waals surface area contributed by atoms with Crippen LogP contribution in [0.25, 0.3) is 0 Å². The number of halogens is 1. The molecule has 0 saturated heterocycles. The predicted molar refractivity (Wildman–Crippen MR) is 83.8 cm³/mol. The van der Waals surface area contributed by atoms with Gasteiger partial charge in [-0.3, -0.25) is 14.3 Å². The van der Waals surface area contributed by atoms with Gasteiger partial charge in [0.05, 0.1) is 6.07 Å². The fourth-order valence-corrected chi connectivity index (χ4v) is 3.05. The zero-order chi connectivity index (χ0) is 14.3. The summed E-state index contributed by atoms with van der Waals surface area (Å²) in [5.41, 5.74) is -0.359. The molecule has 0 aliphatic rings. The van der Waals surface area contributed by atoms with Crippen molar-refractivity contribution >= 4 is 28.1 Å². The Morgan fingerprint density at radius 1 is 1.42 bits per heavy atom. The van der Waals surface area contributed by atoms with Crippen LogP contribution in [-0.2, 0) is 0 Å². The molecule has 0 spiro atoms. The predicted octanol–water partition coefficient (Wildman–Crippen LogP) is 3.91. The van der Waals surface area contributed by atoms with Crippen LogP contribution in [0.2, 0.25) is 0 Å². The third kappa shape index (κ3) is 5.10. The van der Waals surface area contributed by atoms with Crippen molar-refractivity contribution in [3.05, 3.63) is 21.2 Å². The standard InChI is InChI=1S/C13H21BrN2O2S/c1-2-3-4-5-6-10(7-8-14)16-12(18)9-11(17)15-13(16)19/h9-10,18H,2-8H2,1H3,(H,15,17,19)/t10-/m0/s1. The first-order valence-electron chi connectivity index (χ1n) is 6.71. The monoisotopic (exact) mass is 348 g/mol. The molecule has 1 aromatic rings. The van der Waals surface area contributed by atoms with Gasteiger partial charge < -0.3 is 5.11 Å². The van der Waals surface area contributed by atoms with E-state index in [1.165, 1.54) is 25.3 Å². The van der Waals surface area contributed by atoms with Crippen molar-refractivity contribution in [1.29, 1.82) is 0 Å². The Bertz CT molecular complexity index is 498. The third-order valence-corrected chi connectivity index (χ3v) is 3.91. The van der Waals surface area contributed by atoms with Crippen molar-refractivity contribution in [1.82, 2.24) is 9.55 Å². The Hall–Kier alpha value is -0.620. The van der Waals surface area contributed by atoms with Gasteiger partial charge in [-0.2, -0.15) is 0 Å². The number of nitrogens with one attached hydrogen (secondary N) is 1. The van der Waals surface area contributed by atoms with Crippen molar-refractivity contribution in [2.24, 2.45) is 0 Å². The molecule has 1 aromatic heterocycles. The molecule has 19 heavy (non-hydrogen) atoms. The van der Waals surface area contributed by atoms with Crippen molar-refractivity contribution in [2.75, 3.05) is 5.33 Å². The molecule has 0 radical (unpaired) electrons. The van der Waals surface area contributed by atoms with Crippen LogP contribution < -0.4 is 5.56 Å². The van der Waals surface area contributed by atoms with E-state index in [-0.39, 0.29) is 17.5 Å². The van der Waals surface area contributed by atoms with Crippen LogP contribution in [0.5, 0.6) is 5.88 Å². The third-order valence-electron chi connectivity index (χ3n) is 3.15. The van der Waals surface area contributed by atoms with Gasteiger partial charge in [0, 0.05) is 11.4 Å². The maximum atomic E-state index is 11.2. The summed E-state index contributed by atoms with van der Waals surface area (Å²) in [7, 11) is 0. The molecule has 0 aliphatic carbocycles. The summed E-state index contributed by atoms with van der Waals surface area (Å²) in [6.07, 6.45) is 6.55. The number of aromatic amines is 1. The highest BCUT2D eigenvalue weighted by Crippen LogP contribution is 2.25. The number of nitrogens with zero attached hydrogens (tertiary/aromatic N) is 1. The lowest BCUT2D eigenvalue weighted by Gasteiger charge is -2.20. The first-order chi connectivity index (χ1) is 9.10. The smallest absolute Gasteiger partial charge is 0.255 e. The van der Waals surface area contributed by atoms with E-state index in [0.717, 1.165) is 24.6 Å². The Kier molecular flexibility index (Phi) is 7.38. The number of aromatic hydroxyl groups is 1. The number of unbranched alkanes of at least 4 members (excludes halogenated alkanes) is 3. The highest BCUT2D eigenvalue weighted by atomic mass is 79.9. The first kappa shape index (κ1) is 16.4. The van der Waals surface area contributed by atoms with E-state index < -0.39 is 0 Å². The highest BCUT2D eigenvalue weighted by Gasteiger charge is 2.14. The van der Waals surface area contributed by atoms with Gasteiger partial charge >= 0.3 is 0 Å². The van der Waals surface area contributed by atoms with Gasteiger partial charge in [-0.1, -0.05) is 48.5 Å². The topological polar surface area (TPSA) is 58.0 Å². The molecular weight excluding hydrogens is 328 g/mol. The van der Waals surface area contributed by atoms with Gasteiger partial charge in [-0.05, 0) is 25.1 Å².